The summed E-state index contributed by atoms with van der Waals surface area (Å²) in [5, 5.41) is 0. The van der Waals surface area contributed by atoms with Gasteiger partial charge in [0.05, 0.1) is 99.1 Å². The summed E-state index contributed by atoms with van der Waals surface area (Å²) in [5.74, 6) is -0.183. The van der Waals surface area contributed by atoms with Crippen molar-refractivity contribution in [1.29, 1.82) is 0 Å². The lowest BCUT2D eigenvalue weighted by Crippen LogP contribution is -2.27. The first kappa shape index (κ1) is 33.4. The highest BCUT2D eigenvalue weighted by Crippen LogP contribution is 2.01. The first-order valence-corrected chi connectivity index (χ1v) is 15.7. The summed E-state index contributed by atoms with van der Waals surface area (Å²) in [5.41, 5.74) is 0. The molecule has 0 radical (unpaired) electrons. The first-order valence-electron chi connectivity index (χ1n) is 12.3. The Hall–Kier alpha value is -0.633. The molecule has 11 heteroatoms. The van der Waals surface area contributed by atoms with E-state index in [4.69, 9.17) is 42.3 Å². The van der Waals surface area contributed by atoms with Gasteiger partial charge in [-0.05, 0) is 26.1 Å². The molecule has 0 N–H and O–H groups in total. The lowest BCUT2D eigenvalue weighted by atomic mass is 10.3. The zero-order chi connectivity index (χ0) is 25.2. The highest BCUT2D eigenvalue weighted by molar-refractivity contribution is 6.69. The minimum atomic E-state index is -1.44. The van der Waals surface area contributed by atoms with Crippen molar-refractivity contribution >= 4 is 14.3 Å². The molecular weight excluding hydrogens is 464 g/mol. The fourth-order valence-electron chi connectivity index (χ4n) is 2.32. The second kappa shape index (κ2) is 25.5. The van der Waals surface area contributed by atoms with E-state index < -0.39 is 8.32 Å². The van der Waals surface area contributed by atoms with E-state index in [2.05, 4.69) is 19.6 Å². The van der Waals surface area contributed by atoms with Crippen molar-refractivity contribution in [3.63, 3.8) is 0 Å². The van der Waals surface area contributed by atoms with Crippen LogP contribution in [0.1, 0.15) is 19.8 Å². The van der Waals surface area contributed by atoms with Gasteiger partial charge >= 0.3 is 5.97 Å². The van der Waals surface area contributed by atoms with Crippen LogP contribution >= 0.6 is 0 Å². The summed E-state index contributed by atoms with van der Waals surface area (Å²) in [7, 11) is -1.44. The molecule has 10 nitrogen and oxygen atoms in total. The Kier molecular flexibility index (Phi) is 25.0. The Morgan fingerprint density at radius 2 is 0.794 bits per heavy atom. The van der Waals surface area contributed by atoms with E-state index in [0.717, 1.165) is 6.42 Å². The third kappa shape index (κ3) is 29.4. The van der Waals surface area contributed by atoms with Crippen LogP contribution in [0.15, 0.2) is 0 Å². The third-order valence-corrected chi connectivity index (χ3v) is 5.01. The van der Waals surface area contributed by atoms with Crippen LogP contribution in [-0.4, -0.2) is 120 Å². The molecule has 0 aromatic carbocycles. The monoisotopic (exact) mass is 512 g/mol. The molecule has 0 aliphatic heterocycles. The van der Waals surface area contributed by atoms with Gasteiger partial charge in [0.25, 0.3) is 0 Å². The predicted octanol–water partition coefficient (Wildman–Crippen LogP) is 2.30. The van der Waals surface area contributed by atoms with Gasteiger partial charge in [0.1, 0.15) is 6.61 Å². The van der Waals surface area contributed by atoms with Gasteiger partial charge in [0.2, 0.25) is 0 Å². The molecule has 0 aliphatic rings. The molecule has 0 aromatic rings. The molecule has 0 bridgehead atoms. The van der Waals surface area contributed by atoms with E-state index in [1.807, 2.05) is 6.92 Å². The first-order chi connectivity index (χ1) is 16.5. The van der Waals surface area contributed by atoms with Gasteiger partial charge in [-0.2, -0.15) is 0 Å². The lowest BCUT2D eigenvalue weighted by molar-refractivity contribution is -0.145. The standard InChI is InChI=1S/C23H48O10Si/c1-5-6-23(24)32-21-19-30-17-15-28-13-11-26-9-7-25-8-10-27-12-14-29-16-18-31-20-22-33-34(2,3)4/h5-22H2,1-4H3. The summed E-state index contributed by atoms with van der Waals surface area (Å²) in [6, 6.07) is 0. The van der Waals surface area contributed by atoms with Crippen LogP contribution in [0.4, 0.5) is 0 Å². The number of carbonyl (C=O) groups excluding carboxylic acids is 1. The summed E-state index contributed by atoms with van der Waals surface area (Å²) in [6.07, 6.45) is 1.24. The van der Waals surface area contributed by atoms with Crippen LogP contribution in [0, 0.1) is 0 Å². The van der Waals surface area contributed by atoms with Gasteiger partial charge < -0.3 is 42.3 Å². The maximum Gasteiger partial charge on any atom is 0.305 e. The minimum absolute atomic E-state index is 0.183. The predicted molar refractivity (Wildman–Crippen MR) is 131 cm³/mol. The van der Waals surface area contributed by atoms with Crippen molar-refractivity contribution in [1.82, 2.24) is 0 Å². The number of esters is 1. The van der Waals surface area contributed by atoms with Gasteiger partial charge in [-0.3, -0.25) is 4.79 Å². The van der Waals surface area contributed by atoms with Crippen LogP contribution in [0.5, 0.6) is 0 Å². The lowest BCUT2D eigenvalue weighted by Gasteiger charge is -2.16. The molecule has 0 saturated heterocycles. The van der Waals surface area contributed by atoms with Crippen LogP contribution in [-0.2, 0) is 47.1 Å². The van der Waals surface area contributed by atoms with Crippen molar-refractivity contribution in [3.05, 3.63) is 0 Å². The maximum atomic E-state index is 11.1. The van der Waals surface area contributed by atoms with Gasteiger partial charge in [-0.25, -0.2) is 0 Å². The molecule has 0 heterocycles. The van der Waals surface area contributed by atoms with Gasteiger partial charge in [-0.1, -0.05) is 6.92 Å². The summed E-state index contributed by atoms with van der Waals surface area (Å²) in [6.45, 7) is 16.5. The number of hydrogen-bond donors (Lipinski definition) is 0. The van der Waals surface area contributed by atoms with Gasteiger partial charge in [0, 0.05) is 6.42 Å². The molecular formula is C23H48O10Si. The Balaban J connectivity index is 3.07. The highest BCUT2D eigenvalue weighted by Gasteiger charge is 2.13. The summed E-state index contributed by atoms with van der Waals surface area (Å²) in [4.78, 5) is 11.1. The van der Waals surface area contributed by atoms with E-state index in [1.165, 1.54) is 0 Å². The smallest absolute Gasteiger partial charge is 0.305 e. The second-order valence-corrected chi connectivity index (χ2v) is 12.7. The molecule has 0 spiro atoms. The fraction of sp³-hybridized carbons (Fsp3) is 0.957. The molecule has 0 saturated carbocycles. The molecule has 0 rings (SSSR count). The average molecular weight is 513 g/mol. The molecule has 0 aromatic heterocycles. The van der Waals surface area contributed by atoms with E-state index >= 15 is 0 Å². The Labute approximate surface area is 206 Å². The molecule has 204 valence electrons. The molecule has 0 unspecified atom stereocenters. The third-order valence-electron chi connectivity index (χ3n) is 3.94. The Morgan fingerprint density at radius 3 is 1.09 bits per heavy atom. The molecule has 0 aliphatic carbocycles. The zero-order valence-electron chi connectivity index (χ0n) is 21.8. The van der Waals surface area contributed by atoms with E-state index in [9.17, 15) is 4.79 Å². The van der Waals surface area contributed by atoms with Crippen LogP contribution in [0.3, 0.4) is 0 Å². The van der Waals surface area contributed by atoms with Crippen molar-refractivity contribution < 1.29 is 47.1 Å². The van der Waals surface area contributed by atoms with Gasteiger partial charge in [0.15, 0.2) is 8.32 Å². The van der Waals surface area contributed by atoms with Crippen molar-refractivity contribution in [3.8, 4) is 0 Å². The SMILES string of the molecule is CCCC(=O)OCCOCCOCCOCCOCCOCCOCCOCCO[Si](C)(C)C. The molecule has 0 fully saturated rings. The zero-order valence-corrected chi connectivity index (χ0v) is 22.8. The maximum absolute atomic E-state index is 11.1. The van der Waals surface area contributed by atoms with E-state index in [-0.39, 0.29) is 12.6 Å². The molecule has 34 heavy (non-hydrogen) atoms. The minimum Gasteiger partial charge on any atom is -0.463 e. The average Bonchev–Trinajstić information content (AvgIpc) is 2.78. The highest BCUT2D eigenvalue weighted by atomic mass is 28.4. The second-order valence-electron chi connectivity index (χ2n) is 8.22. The Bertz CT molecular complexity index is 434. The number of ether oxygens (including phenoxy) is 8. The van der Waals surface area contributed by atoms with Crippen LogP contribution in [0.2, 0.25) is 19.6 Å². The van der Waals surface area contributed by atoms with Crippen LogP contribution < -0.4 is 0 Å². The number of hydrogen-bond acceptors (Lipinski definition) is 10. The summed E-state index contributed by atoms with van der Waals surface area (Å²) < 4.78 is 48.6. The van der Waals surface area contributed by atoms with Crippen LogP contribution in [0.25, 0.3) is 0 Å². The van der Waals surface area contributed by atoms with E-state index in [1.54, 1.807) is 0 Å². The van der Waals surface area contributed by atoms with Crippen molar-refractivity contribution in [2.75, 3.05) is 106 Å². The quantitative estimate of drug-likeness (QED) is 0.0926. The van der Waals surface area contributed by atoms with Crippen molar-refractivity contribution in [2.45, 2.75) is 39.4 Å². The number of rotatable bonds is 27. The fourth-order valence-corrected chi connectivity index (χ4v) is 3.01. The van der Waals surface area contributed by atoms with Crippen molar-refractivity contribution in [2.24, 2.45) is 0 Å². The largest absolute Gasteiger partial charge is 0.463 e. The summed E-state index contributed by atoms with van der Waals surface area (Å²) >= 11 is 0. The van der Waals surface area contributed by atoms with E-state index in [0.29, 0.717) is 106 Å². The topological polar surface area (TPSA) is 100 Å². The van der Waals surface area contributed by atoms with Gasteiger partial charge in [-0.15, -0.1) is 0 Å². The number of carbonyl (C=O) groups is 1. The molecule has 0 atom stereocenters. The Morgan fingerprint density at radius 1 is 0.500 bits per heavy atom. The molecule has 0 amide bonds. The normalized spacial score (nSPS) is 11.8.